The van der Waals surface area contributed by atoms with Crippen LogP contribution in [0.15, 0.2) is 0 Å². The van der Waals surface area contributed by atoms with E-state index in [0.717, 1.165) is 45.3 Å². The van der Waals surface area contributed by atoms with E-state index in [2.05, 4.69) is 46.4 Å². The second-order valence-corrected chi connectivity index (χ2v) is 21.1. The molecule has 2 N–H and O–H groups in total. The lowest BCUT2D eigenvalue weighted by molar-refractivity contribution is -0.242. The second-order valence-electron chi connectivity index (χ2n) is 21.1. The summed E-state index contributed by atoms with van der Waals surface area (Å²) >= 11 is 0. The second kappa shape index (κ2) is 13.6. The van der Waals surface area contributed by atoms with Crippen LogP contribution in [0.3, 0.4) is 0 Å². The molecule has 2 heterocycles. The Morgan fingerprint density at radius 3 is 2.44 bits per heavy atom. The maximum absolute atomic E-state index is 13.4. The molecule has 5 saturated carbocycles. The van der Waals surface area contributed by atoms with E-state index in [0.29, 0.717) is 35.9 Å². The Morgan fingerprint density at radius 2 is 1.77 bits per heavy atom. The van der Waals surface area contributed by atoms with Crippen molar-refractivity contribution in [3.63, 3.8) is 0 Å². The number of fused-ring (bicyclic) bond motifs is 1. The summed E-state index contributed by atoms with van der Waals surface area (Å²) in [5.74, 6) is -1.10. The summed E-state index contributed by atoms with van der Waals surface area (Å²) in [4.78, 5) is 2.37. The van der Waals surface area contributed by atoms with Gasteiger partial charge in [0.1, 0.15) is 6.10 Å². The highest BCUT2D eigenvalue weighted by Crippen LogP contribution is 2.82. The summed E-state index contributed by atoms with van der Waals surface area (Å²) in [6.07, 6.45) is 9.84. The number of ether oxygens (including phenoxy) is 4. The van der Waals surface area contributed by atoms with Gasteiger partial charge in [0.05, 0.1) is 36.6 Å². The first-order valence-electron chi connectivity index (χ1n) is 21.2. The van der Waals surface area contributed by atoms with Gasteiger partial charge in [-0.05, 0) is 136 Å². The Balaban J connectivity index is 1.000. The van der Waals surface area contributed by atoms with Crippen LogP contribution in [-0.2, 0) is 18.9 Å². The van der Waals surface area contributed by atoms with E-state index in [9.17, 15) is 19.0 Å². The van der Waals surface area contributed by atoms with Crippen LogP contribution in [0, 0.1) is 50.7 Å². The zero-order valence-corrected chi connectivity index (χ0v) is 34.0. The van der Waals surface area contributed by atoms with Gasteiger partial charge in [-0.1, -0.05) is 48.0 Å². The molecule has 2 saturated heterocycles. The van der Waals surface area contributed by atoms with Crippen molar-refractivity contribution in [3.8, 4) is 0 Å². The fourth-order valence-corrected chi connectivity index (χ4v) is 13.9. The lowest BCUT2D eigenvalue weighted by Crippen LogP contribution is -2.55. The standard InChI is InChI=1S/C43H73F2NO6/c1-10-49-36(39(7,8)48)29-22-27(2)33-34(51-29)35(47)38(5,6)40(33,9)17-18-41-15-11-12-30-37(3,4)31(13-16-42(30,41)26-41)52-32-25-46(20-21-50-32)19-14-28-23-43(44,45)24-28/h27-36,47-48H,10-26H2,1-9H3/t27-,29?,30+,31+,32+,33+,34?,35+,36+,40-,41?,42-/m1/s1. The number of halogens is 2. The number of hydrogen-bond donors (Lipinski definition) is 2. The number of morpholine rings is 1. The fourth-order valence-electron chi connectivity index (χ4n) is 13.9. The van der Waals surface area contributed by atoms with Gasteiger partial charge in [-0.3, -0.25) is 4.90 Å². The smallest absolute Gasteiger partial charge is 0.248 e. The summed E-state index contributed by atoms with van der Waals surface area (Å²) < 4.78 is 52.7. The number of alkyl halides is 2. The van der Waals surface area contributed by atoms with Gasteiger partial charge in [-0.25, -0.2) is 8.78 Å². The SMILES string of the molecule is CCO[C@@H](C1C[C@@H](C)[C@H]2C(O1)[C@H](O)C(C)(C)[C@]2(C)CCC12CCC[C@H]3C(C)(C)[C@@H](O[C@H]4CN(CCC5CC(F)(F)C5)CCO4)CC[C@@]31C2)C(C)(C)O. The van der Waals surface area contributed by atoms with Crippen molar-refractivity contribution < 1.29 is 37.9 Å². The molecule has 300 valence electrons. The van der Waals surface area contributed by atoms with Gasteiger partial charge in [0.15, 0.2) is 6.29 Å². The molecule has 7 rings (SSSR count). The van der Waals surface area contributed by atoms with E-state index in [4.69, 9.17) is 18.9 Å². The van der Waals surface area contributed by atoms with Crippen LogP contribution in [0.1, 0.15) is 139 Å². The van der Waals surface area contributed by atoms with Crippen LogP contribution >= 0.6 is 0 Å². The lowest BCUT2D eigenvalue weighted by Gasteiger charge is -2.55. The molecule has 2 aliphatic heterocycles. The van der Waals surface area contributed by atoms with E-state index in [1.54, 1.807) is 13.8 Å². The number of nitrogens with zero attached hydrogens (tertiary/aromatic N) is 1. The molecule has 0 amide bonds. The summed E-state index contributed by atoms with van der Waals surface area (Å²) in [6.45, 7) is 23.4. The Hall–Kier alpha value is -0.420. The average Bonchev–Trinajstić information content (AvgIpc) is 3.69. The van der Waals surface area contributed by atoms with Crippen LogP contribution in [-0.4, -0.2) is 96.3 Å². The third-order valence-electron chi connectivity index (χ3n) is 17.1. The zero-order valence-electron chi connectivity index (χ0n) is 34.0. The molecule has 7 nitrogen and oxygen atoms in total. The van der Waals surface area contributed by atoms with Gasteiger partial charge in [0, 0.05) is 32.5 Å². The quantitative estimate of drug-likeness (QED) is 0.209. The molecule has 9 heteroatoms. The molecule has 12 atom stereocenters. The zero-order chi connectivity index (χ0) is 37.7. The molecule has 0 bridgehead atoms. The summed E-state index contributed by atoms with van der Waals surface area (Å²) in [6, 6.07) is 0. The Labute approximate surface area is 313 Å². The van der Waals surface area contributed by atoms with Crippen LogP contribution in [0.4, 0.5) is 8.78 Å². The minimum Gasteiger partial charge on any atom is -0.390 e. The van der Waals surface area contributed by atoms with Crippen molar-refractivity contribution in [3.05, 3.63) is 0 Å². The van der Waals surface area contributed by atoms with Crippen molar-refractivity contribution in [2.75, 3.05) is 32.8 Å². The Morgan fingerprint density at radius 1 is 1.04 bits per heavy atom. The van der Waals surface area contributed by atoms with Crippen LogP contribution < -0.4 is 0 Å². The van der Waals surface area contributed by atoms with Gasteiger partial charge in [-0.2, -0.15) is 0 Å². The summed E-state index contributed by atoms with van der Waals surface area (Å²) in [5.41, 5.74) is -0.655. The molecule has 5 aliphatic carbocycles. The normalized spacial score (nSPS) is 46.1. The van der Waals surface area contributed by atoms with Crippen molar-refractivity contribution in [2.24, 2.45) is 50.7 Å². The van der Waals surface area contributed by atoms with Gasteiger partial charge >= 0.3 is 0 Å². The summed E-state index contributed by atoms with van der Waals surface area (Å²) in [7, 11) is 0. The fraction of sp³-hybridized carbons (Fsp3) is 1.00. The molecule has 3 unspecified atom stereocenters. The topological polar surface area (TPSA) is 80.6 Å². The number of rotatable bonds is 12. The number of aliphatic hydroxyl groups excluding tert-OH is 1. The maximum atomic E-state index is 13.4. The predicted octanol–water partition coefficient (Wildman–Crippen LogP) is 8.23. The van der Waals surface area contributed by atoms with Gasteiger partial charge < -0.3 is 29.2 Å². The molecule has 1 spiro atoms. The van der Waals surface area contributed by atoms with Crippen LogP contribution in [0.5, 0.6) is 0 Å². The highest BCUT2D eigenvalue weighted by atomic mass is 19.3. The highest BCUT2D eigenvalue weighted by molar-refractivity contribution is 5.24. The van der Waals surface area contributed by atoms with Crippen LogP contribution in [0.2, 0.25) is 0 Å². The van der Waals surface area contributed by atoms with Crippen molar-refractivity contribution in [2.45, 2.75) is 188 Å². The first kappa shape index (κ1) is 39.8. The maximum Gasteiger partial charge on any atom is 0.248 e. The van der Waals surface area contributed by atoms with E-state index in [1.165, 1.54) is 38.5 Å². The van der Waals surface area contributed by atoms with E-state index < -0.39 is 23.7 Å². The van der Waals surface area contributed by atoms with Crippen molar-refractivity contribution >= 4 is 0 Å². The molecular weight excluding hydrogens is 664 g/mol. The highest BCUT2D eigenvalue weighted by Gasteiger charge is 2.75. The monoisotopic (exact) mass is 738 g/mol. The van der Waals surface area contributed by atoms with Gasteiger partial charge in [0.2, 0.25) is 5.92 Å². The molecule has 0 radical (unpaired) electrons. The molecular formula is C43H73F2NO6. The minimum absolute atomic E-state index is 0.0414. The Bertz CT molecular complexity index is 1280. The third-order valence-corrected chi connectivity index (χ3v) is 17.1. The van der Waals surface area contributed by atoms with E-state index in [1.807, 2.05) is 6.92 Å². The largest absolute Gasteiger partial charge is 0.390 e. The predicted molar refractivity (Wildman–Crippen MR) is 198 cm³/mol. The summed E-state index contributed by atoms with van der Waals surface area (Å²) in [5, 5.41) is 23.0. The molecule has 7 fully saturated rings. The van der Waals surface area contributed by atoms with Gasteiger partial charge in [0.25, 0.3) is 0 Å². The number of aliphatic hydroxyl groups is 2. The van der Waals surface area contributed by atoms with Gasteiger partial charge in [-0.15, -0.1) is 0 Å². The first-order valence-corrected chi connectivity index (χ1v) is 21.2. The first-order chi connectivity index (χ1) is 24.2. The van der Waals surface area contributed by atoms with E-state index >= 15 is 0 Å². The van der Waals surface area contributed by atoms with Crippen molar-refractivity contribution in [1.29, 1.82) is 0 Å². The van der Waals surface area contributed by atoms with Crippen molar-refractivity contribution in [1.82, 2.24) is 4.90 Å². The molecule has 0 aromatic heterocycles. The molecule has 0 aromatic carbocycles. The average molecular weight is 738 g/mol. The number of hydrogen-bond acceptors (Lipinski definition) is 7. The molecule has 7 aliphatic rings. The van der Waals surface area contributed by atoms with Crippen LogP contribution in [0.25, 0.3) is 0 Å². The minimum atomic E-state index is -2.44. The third kappa shape index (κ3) is 6.56. The molecule has 0 aromatic rings. The molecule has 52 heavy (non-hydrogen) atoms. The lowest BCUT2D eigenvalue weighted by atomic mass is 9.52. The Kier molecular flexibility index (Phi) is 10.4. The van der Waals surface area contributed by atoms with E-state index in [-0.39, 0.29) is 65.5 Å².